The molecule has 2 aliphatic rings. The summed E-state index contributed by atoms with van der Waals surface area (Å²) in [6.07, 6.45) is 4.18. The van der Waals surface area contributed by atoms with E-state index in [4.69, 9.17) is 4.74 Å². The van der Waals surface area contributed by atoms with Crippen molar-refractivity contribution >= 4 is 17.0 Å². The Labute approximate surface area is 152 Å². The first-order valence-electron chi connectivity index (χ1n) is 9.17. The second-order valence-electron chi connectivity index (χ2n) is 6.97. The number of hydrogen-bond acceptors (Lipinski definition) is 6. The third-order valence-corrected chi connectivity index (χ3v) is 5.31. The summed E-state index contributed by atoms with van der Waals surface area (Å²) in [7, 11) is 1.73. The van der Waals surface area contributed by atoms with Crippen LogP contribution in [-0.2, 0) is 0 Å². The fourth-order valence-corrected chi connectivity index (χ4v) is 3.72. The second-order valence-corrected chi connectivity index (χ2v) is 6.97. The summed E-state index contributed by atoms with van der Waals surface area (Å²) in [4.78, 5) is 4.79. The van der Waals surface area contributed by atoms with E-state index in [0.29, 0.717) is 5.92 Å². The summed E-state index contributed by atoms with van der Waals surface area (Å²) >= 11 is 0. The molecule has 5 rings (SSSR count). The van der Waals surface area contributed by atoms with Gasteiger partial charge in [0.25, 0.3) is 0 Å². The molecule has 134 valence electrons. The van der Waals surface area contributed by atoms with Gasteiger partial charge in [-0.1, -0.05) is 12.1 Å². The van der Waals surface area contributed by atoms with Gasteiger partial charge in [0, 0.05) is 32.1 Å². The number of piperazine rings is 1. The van der Waals surface area contributed by atoms with Crippen molar-refractivity contribution in [2.45, 2.75) is 18.8 Å². The average Bonchev–Trinajstić information content (AvgIpc) is 3.45. The Morgan fingerprint density at radius 1 is 1.00 bits per heavy atom. The lowest BCUT2D eigenvalue weighted by Crippen LogP contribution is -2.46. The van der Waals surface area contributed by atoms with Crippen molar-refractivity contribution in [3.8, 4) is 5.75 Å². The Morgan fingerprint density at radius 3 is 2.46 bits per heavy atom. The van der Waals surface area contributed by atoms with Crippen molar-refractivity contribution in [3.05, 3.63) is 42.4 Å². The zero-order valence-corrected chi connectivity index (χ0v) is 14.9. The lowest BCUT2D eigenvalue weighted by molar-refractivity contribution is 0.413. The highest BCUT2D eigenvalue weighted by Crippen LogP contribution is 2.40. The molecule has 7 nitrogen and oxygen atoms in total. The van der Waals surface area contributed by atoms with Gasteiger partial charge in [0.15, 0.2) is 0 Å². The molecule has 2 fully saturated rings. The highest BCUT2D eigenvalue weighted by molar-refractivity contribution is 5.69. The highest BCUT2D eigenvalue weighted by Gasteiger charge is 2.28. The van der Waals surface area contributed by atoms with Gasteiger partial charge in [-0.3, -0.25) is 0 Å². The number of methoxy groups -OCH3 is 1. The van der Waals surface area contributed by atoms with Crippen LogP contribution in [0.3, 0.4) is 0 Å². The van der Waals surface area contributed by atoms with Gasteiger partial charge >= 0.3 is 0 Å². The molecule has 1 saturated heterocycles. The van der Waals surface area contributed by atoms with Crippen LogP contribution in [0.25, 0.3) is 5.65 Å². The Hall–Kier alpha value is -2.83. The van der Waals surface area contributed by atoms with Crippen LogP contribution in [-0.4, -0.2) is 53.1 Å². The molecule has 1 saturated carbocycles. The van der Waals surface area contributed by atoms with E-state index in [2.05, 4.69) is 43.3 Å². The van der Waals surface area contributed by atoms with E-state index in [9.17, 15) is 0 Å². The smallest absolute Gasteiger partial charge is 0.200 e. The third kappa shape index (κ3) is 2.64. The molecular weight excluding hydrogens is 328 g/mol. The van der Waals surface area contributed by atoms with Crippen molar-refractivity contribution in [1.29, 1.82) is 0 Å². The summed E-state index contributed by atoms with van der Waals surface area (Å²) in [6.45, 7) is 3.77. The summed E-state index contributed by atoms with van der Waals surface area (Å²) < 4.78 is 7.35. The van der Waals surface area contributed by atoms with Crippen molar-refractivity contribution in [2.24, 2.45) is 0 Å². The summed E-state index contributed by atoms with van der Waals surface area (Å²) in [6, 6.07) is 10.4. The maximum atomic E-state index is 5.52. The standard InChI is InChI=1S/C19H22N6O/c1-26-18-5-3-2-4-16(18)23-8-10-24(11-9-23)17-12-15(14-6-7-14)22-25-13-20-21-19(17)25/h2-5,12-14H,6-11H2,1H3. The van der Waals surface area contributed by atoms with Crippen LogP contribution in [0, 0.1) is 0 Å². The maximum Gasteiger partial charge on any atom is 0.200 e. The predicted octanol–water partition coefficient (Wildman–Crippen LogP) is 2.34. The molecule has 0 amide bonds. The molecular formula is C19H22N6O. The zero-order chi connectivity index (χ0) is 17.5. The van der Waals surface area contributed by atoms with Gasteiger partial charge in [-0.15, -0.1) is 10.2 Å². The molecule has 0 unspecified atom stereocenters. The topological polar surface area (TPSA) is 58.8 Å². The molecule has 0 atom stereocenters. The van der Waals surface area contributed by atoms with Gasteiger partial charge in [0.05, 0.1) is 24.2 Å². The van der Waals surface area contributed by atoms with Crippen molar-refractivity contribution < 1.29 is 4.74 Å². The van der Waals surface area contributed by atoms with Crippen LogP contribution >= 0.6 is 0 Å². The number of ether oxygens (including phenoxy) is 1. The minimum absolute atomic E-state index is 0.607. The lowest BCUT2D eigenvalue weighted by atomic mass is 10.2. The Balaban J connectivity index is 1.40. The fourth-order valence-electron chi connectivity index (χ4n) is 3.72. The molecule has 1 aliphatic heterocycles. The van der Waals surface area contributed by atoms with Crippen LogP contribution < -0.4 is 14.5 Å². The van der Waals surface area contributed by atoms with Gasteiger partial charge in [-0.05, 0) is 31.0 Å². The van der Waals surface area contributed by atoms with Crippen molar-refractivity contribution in [3.63, 3.8) is 0 Å². The third-order valence-electron chi connectivity index (χ3n) is 5.31. The van der Waals surface area contributed by atoms with E-state index in [1.807, 2.05) is 16.6 Å². The van der Waals surface area contributed by atoms with Gasteiger partial charge in [0.1, 0.15) is 12.1 Å². The average molecular weight is 350 g/mol. The van der Waals surface area contributed by atoms with Gasteiger partial charge in [0.2, 0.25) is 5.65 Å². The molecule has 0 radical (unpaired) electrons. The van der Waals surface area contributed by atoms with E-state index in [1.165, 1.54) is 18.5 Å². The minimum Gasteiger partial charge on any atom is -0.495 e. The van der Waals surface area contributed by atoms with Crippen LogP contribution in [0.4, 0.5) is 11.4 Å². The number of nitrogens with zero attached hydrogens (tertiary/aromatic N) is 6. The predicted molar refractivity (Wildman–Crippen MR) is 100 cm³/mol. The number of fused-ring (bicyclic) bond motifs is 1. The number of aromatic nitrogens is 4. The Morgan fingerprint density at radius 2 is 1.73 bits per heavy atom. The second kappa shape index (κ2) is 6.16. The summed E-state index contributed by atoms with van der Waals surface area (Å²) in [5, 5.41) is 13.0. The zero-order valence-electron chi connectivity index (χ0n) is 14.9. The van der Waals surface area contributed by atoms with Crippen LogP contribution in [0.5, 0.6) is 5.75 Å². The molecule has 1 aliphatic carbocycles. The lowest BCUT2D eigenvalue weighted by Gasteiger charge is -2.37. The van der Waals surface area contributed by atoms with E-state index < -0.39 is 0 Å². The highest BCUT2D eigenvalue weighted by atomic mass is 16.5. The first-order chi connectivity index (χ1) is 12.8. The van der Waals surface area contributed by atoms with Crippen LogP contribution in [0.15, 0.2) is 36.7 Å². The first kappa shape index (κ1) is 15.4. The largest absolute Gasteiger partial charge is 0.495 e. The molecule has 0 N–H and O–H groups in total. The number of hydrogen-bond donors (Lipinski definition) is 0. The summed E-state index contributed by atoms with van der Waals surface area (Å²) in [5.74, 6) is 1.54. The molecule has 1 aromatic carbocycles. The molecule has 26 heavy (non-hydrogen) atoms. The van der Waals surface area contributed by atoms with E-state index in [0.717, 1.165) is 49.0 Å². The van der Waals surface area contributed by atoms with E-state index in [1.54, 1.807) is 13.4 Å². The summed E-state index contributed by atoms with van der Waals surface area (Å²) in [5.41, 5.74) is 4.33. The van der Waals surface area contributed by atoms with Gasteiger partial charge < -0.3 is 14.5 Å². The normalized spacial score (nSPS) is 17.7. The molecule has 2 aromatic heterocycles. The first-order valence-corrected chi connectivity index (χ1v) is 9.17. The number of anilines is 2. The maximum absolute atomic E-state index is 5.52. The van der Waals surface area contributed by atoms with Gasteiger partial charge in [-0.25, -0.2) is 0 Å². The Kier molecular flexibility index (Phi) is 3.65. The van der Waals surface area contributed by atoms with Crippen LogP contribution in [0.1, 0.15) is 24.5 Å². The fraction of sp³-hybridized carbons (Fsp3) is 0.421. The molecule has 7 heteroatoms. The molecule has 3 aromatic rings. The van der Waals surface area contributed by atoms with Crippen molar-refractivity contribution in [2.75, 3.05) is 43.1 Å². The Bertz CT molecular complexity index is 927. The quantitative estimate of drug-likeness (QED) is 0.720. The minimum atomic E-state index is 0.607. The molecule has 0 bridgehead atoms. The number of para-hydroxylation sites is 2. The number of rotatable bonds is 4. The monoisotopic (exact) mass is 350 g/mol. The van der Waals surface area contributed by atoms with E-state index >= 15 is 0 Å². The molecule has 0 spiro atoms. The molecule has 3 heterocycles. The van der Waals surface area contributed by atoms with E-state index in [-0.39, 0.29) is 0 Å². The van der Waals surface area contributed by atoms with Crippen LogP contribution in [0.2, 0.25) is 0 Å². The number of benzene rings is 1. The SMILES string of the molecule is COc1ccccc1N1CCN(c2cc(C3CC3)nn3cnnc23)CC1. The van der Waals surface area contributed by atoms with Crippen molar-refractivity contribution in [1.82, 2.24) is 19.8 Å². The van der Waals surface area contributed by atoms with Gasteiger partial charge in [-0.2, -0.15) is 9.61 Å².